The number of fused-ring (bicyclic) bond motifs is 3. The Morgan fingerprint density at radius 3 is 2.49 bits per heavy atom. The summed E-state index contributed by atoms with van der Waals surface area (Å²) < 4.78 is 68.6. The van der Waals surface area contributed by atoms with E-state index in [9.17, 15) is 19.0 Å². The number of benzene rings is 2. The highest BCUT2D eigenvalue weighted by Gasteiger charge is 2.66. The van der Waals surface area contributed by atoms with Crippen molar-refractivity contribution in [2.75, 3.05) is 19.0 Å². The Morgan fingerprint density at radius 2 is 1.78 bits per heavy atom. The minimum Gasteiger partial charge on any atom is -0.495 e. The van der Waals surface area contributed by atoms with E-state index in [0.717, 1.165) is 25.0 Å². The molecule has 19 heteroatoms. The van der Waals surface area contributed by atoms with Crippen LogP contribution in [0, 0.1) is 23.5 Å². The smallest absolute Gasteiger partial charge is 0.307 e. The molecule has 0 radical (unpaired) electrons. The second kappa shape index (κ2) is 20.1. The van der Waals surface area contributed by atoms with Gasteiger partial charge in [0, 0.05) is 47.7 Å². The third-order valence-corrected chi connectivity index (χ3v) is 17.6. The van der Waals surface area contributed by atoms with Crippen LogP contribution >= 0.6 is 30.3 Å². The number of hydrogen-bond donors (Lipinski definition) is 2. The molecule has 14 nitrogen and oxygen atoms in total. The lowest BCUT2D eigenvalue weighted by atomic mass is 9.95. The number of carbonyl (C=O) groups excluding carboxylic acids is 4. The van der Waals surface area contributed by atoms with Gasteiger partial charge in [-0.15, -0.1) is 11.3 Å². The van der Waals surface area contributed by atoms with Crippen LogP contribution in [0.2, 0.25) is 5.02 Å². The third kappa shape index (κ3) is 10.5. The summed E-state index contributed by atoms with van der Waals surface area (Å²) in [6, 6.07) is 7.19. The molecule has 4 aromatic rings. The molecule has 2 aromatic heterocycles. The van der Waals surface area contributed by atoms with E-state index in [4.69, 9.17) is 40.5 Å². The average Bonchev–Trinajstić information content (AvgIpc) is 3.69. The number of ketones is 1. The highest BCUT2D eigenvalue weighted by molar-refractivity contribution is 7.59. The zero-order valence-corrected chi connectivity index (χ0v) is 40.4. The lowest BCUT2D eigenvalue weighted by molar-refractivity contribution is -0.163. The van der Waals surface area contributed by atoms with Crippen molar-refractivity contribution in [2.45, 2.75) is 140 Å². The zero-order valence-electron chi connectivity index (χ0n) is 37.9. The minimum atomic E-state index is -4.55. The van der Waals surface area contributed by atoms with Crippen LogP contribution in [-0.4, -0.2) is 92.6 Å². The highest BCUT2D eigenvalue weighted by atomic mass is 35.5. The molecule has 2 N–H and O–H groups in total. The summed E-state index contributed by atoms with van der Waals surface area (Å²) in [7, 11) is -3.07. The summed E-state index contributed by atoms with van der Waals surface area (Å²) in [6.07, 6.45) is 0.394. The van der Waals surface area contributed by atoms with Crippen LogP contribution in [0.15, 0.2) is 41.8 Å². The SMILES string of the molecule is COc1ccc2c(O[C@@H]3C[C@H]4C(=O)C[C@]5(P(=O)(O)Cc6c(F)cccc6F)C[C@H]5CCCCC(=O)O[C@@H](C)[C@H](CC(=O)OC5CCCC5)C(=O)N4C3)cc(-c3csc(NC(C)C)n3)nc2c1Cl. The standard InChI is InChI=1S/C48H56ClF2N4O10PS/c1-26(2)52-47-54-37(25-67-47)36-20-41(31-16-17-40(62-4)44(49)45(31)53-36)64-30-18-38-39(56)22-48(66(60,61)24-33-34(50)13-9-14-35(33)51)21-28(48)10-5-8-15-42(57)63-27(3)32(46(59)55(38)23-30)19-43(58)65-29-11-6-7-12-29/h9,13-14,16-17,20,25-30,32,38H,5-8,10-12,15,18-19,21-24H2,1-4H3,(H,52,54)(H,60,61)/t27-,28+,30+,32-,38-,48+/m0/s1. The maximum atomic E-state index is 15.1. The number of nitrogens with zero attached hydrogens (tertiary/aromatic N) is 3. The first-order valence-corrected chi connectivity index (χ1v) is 26.1. The molecule has 1 amide bonds. The molecular weight excluding hydrogens is 929 g/mol. The number of cyclic esters (lactones) is 1. The van der Waals surface area contributed by atoms with Crippen LogP contribution in [0.5, 0.6) is 11.5 Å². The van der Waals surface area contributed by atoms with Crippen LogP contribution in [0.3, 0.4) is 0 Å². The van der Waals surface area contributed by atoms with E-state index in [0.29, 0.717) is 71.0 Å². The Balaban J connectivity index is 1.17. The summed E-state index contributed by atoms with van der Waals surface area (Å²) in [5.41, 5.74) is 0.766. The molecule has 8 rings (SSSR count). The van der Waals surface area contributed by atoms with E-state index in [1.807, 2.05) is 19.2 Å². The Morgan fingerprint density at radius 1 is 1.04 bits per heavy atom. The number of methoxy groups -OCH3 is 1. The predicted octanol–water partition coefficient (Wildman–Crippen LogP) is 9.65. The number of ether oxygens (including phenoxy) is 4. The molecule has 0 spiro atoms. The van der Waals surface area contributed by atoms with E-state index in [1.54, 1.807) is 25.1 Å². The number of pyridine rings is 1. The molecule has 4 fully saturated rings. The van der Waals surface area contributed by atoms with Gasteiger partial charge in [0.1, 0.15) is 52.2 Å². The van der Waals surface area contributed by atoms with Gasteiger partial charge in [0.2, 0.25) is 13.3 Å². The lowest BCUT2D eigenvalue weighted by Crippen LogP contribution is -2.48. The van der Waals surface area contributed by atoms with E-state index in [2.05, 4.69) is 5.32 Å². The number of carbonyl (C=O) groups is 4. The fraction of sp³-hybridized carbons (Fsp3) is 0.542. The molecule has 360 valence electrons. The molecule has 1 unspecified atom stereocenters. The Bertz CT molecular complexity index is 2570. The van der Waals surface area contributed by atoms with E-state index < -0.39 is 102 Å². The molecule has 0 bridgehead atoms. The Kier molecular flexibility index (Phi) is 14.6. The normalized spacial score (nSPS) is 26.0. The van der Waals surface area contributed by atoms with E-state index in [1.165, 1.54) is 29.4 Å². The number of Topliss-reactive ketones (excluding diaryl/α,β-unsaturated/α-hetero) is 1. The number of halogens is 3. The van der Waals surface area contributed by atoms with Gasteiger partial charge in [0.05, 0.1) is 54.6 Å². The molecular formula is C48H56ClF2N4O10PS. The van der Waals surface area contributed by atoms with Crippen molar-refractivity contribution in [1.82, 2.24) is 14.9 Å². The van der Waals surface area contributed by atoms with Crippen molar-refractivity contribution >= 4 is 70.0 Å². The largest absolute Gasteiger partial charge is 0.495 e. The Hall–Kier alpha value is -4.70. The fourth-order valence-electron chi connectivity index (χ4n) is 9.99. The molecule has 2 aliphatic carbocycles. The molecule has 4 heterocycles. The summed E-state index contributed by atoms with van der Waals surface area (Å²) in [5.74, 6) is -5.44. The molecule has 7 atom stereocenters. The van der Waals surface area contributed by atoms with Crippen LogP contribution in [0.4, 0.5) is 13.9 Å². The van der Waals surface area contributed by atoms with Gasteiger partial charge in [-0.3, -0.25) is 23.7 Å². The second-order valence-corrected chi connectivity index (χ2v) is 22.5. The topological polar surface area (TPSA) is 184 Å². The van der Waals surface area contributed by atoms with E-state index in [-0.39, 0.29) is 43.0 Å². The first kappa shape index (κ1) is 48.7. The highest BCUT2D eigenvalue weighted by Crippen LogP contribution is 2.75. The van der Waals surface area contributed by atoms with Gasteiger partial charge in [-0.05, 0) is 95.9 Å². The monoisotopic (exact) mass is 984 g/mol. The van der Waals surface area contributed by atoms with Gasteiger partial charge in [0.15, 0.2) is 10.9 Å². The van der Waals surface area contributed by atoms with Crippen molar-refractivity contribution in [3.05, 3.63) is 64.0 Å². The number of hydrogen-bond acceptors (Lipinski definition) is 13. The van der Waals surface area contributed by atoms with Crippen LogP contribution < -0.4 is 14.8 Å². The first-order chi connectivity index (χ1) is 32.0. The molecule has 2 saturated heterocycles. The average molecular weight is 985 g/mol. The molecule has 4 aliphatic rings. The number of anilines is 1. The summed E-state index contributed by atoms with van der Waals surface area (Å²) in [4.78, 5) is 79.8. The number of thiazole rings is 1. The van der Waals surface area contributed by atoms with Gasteiger partial charge in [-0.2, -0.15) is 0 Å². The maximum Gasteiger partial charge on any atom is 0.307 e. The van der Waals surface area contributed by atoms with Crippen molar-refractivity contribution in [1.29, 1.82) is 0 Å². The molecule has 2 aromatic carbocycles. The number of aromatic nitrogens is 2. The number of esters is 2. The predicted molar refractivity (Wildman–Crippen MR) is 249 cm³/mol. The van der Waals surface area contributed by atoms with Crippen molar-refractivity contribution in [3.8, 4) is 22.9 Å². The van der Waals surface area contributed by atoms with Crippen LogP contribution in [-0.2, 0) is 39.4 Å². The van der Waals surface area contributed by atoms with E-state index >= 15 is 18.4 Å². The quantitative estimate of drug-likeness (QED) is 0.101. The van der Waals surface area contributed by atoms with Crippen molar-refractivity contribution in [3.63, 3.8) is 0 Å². The molecule has 67 heavy (non-hydrogen) atoms. The van der Waals surface area contributed by atoms with Gasteiger partial charge >= 0.3 is 11.9 Å². The minimum absolute atomic E-state index is 0.0237. The van der Waals surface area contributed by atoms with Gasteiger partial charge in [0.25, 0.3) is 0 Å². The first-order valence-electron chi connectivity index (χ1n) is 23.0. The zero-order chi connectivity index (χ0) is 47.8. The summed E-state index contributed by atoms with van der Waals surface area (Å²) in [5, 5.41) is 4.98. The number of rotatable bonds is 12. The summed E-state index contributed by atoms with van der Waals surface area (Å²) >= 11 is 8.27. The van der Waals surface area contributed by atoms with Gasteiger partial charge in [-0.25, -0.2) is 18.7 Å². The number of amides is 1. The van der Waals surface area contributed by atoms with Crippen LogP contribution in [0.1, 0.15) is 103 Å². The third-order valence-electron chi connectivity index (χ3n) is 13.6. The molecule has 2 aliphatic heterocycles. The summed E-state index contributed by atoms with van der Waals surface area (Å²) in [6.45, 7) is 5.36. The lowest BCUT2D eigenvalue weighted by Gasteiger charge is -2.32. The van der Waals surface area contributed by atoms with Gasteiger partial charge in [-0.1, -0.05) is 24.1 Å². The Labute approximate surface area is 396 Å². The number of nitrogens with one attached hydrogen (secondary N) is 1. The fourth-order valence-corrected chi connectivity index (χ4v) is 13.8. The molecule has 2 saturated carbocycles. The second-order valence-electron chi connectivity index (χ2n) is 18.7. The van der Waals surface area contributed by atoms with Crippen molar-refractivity contribution < 1.29 is 56.4 Å². The van der Waals surface area contributed by atoms with Crippen LogP contribution in [0.25, 0.3) is 22.3 Å². The van der Waals surface area contributed by atoms with Crippen molar-refractivity contribution in [2.24, 2.45) is 11.8 Å². The maximum absolute atomic E-state index is 15.1. The van der Waals surface area contributed by atoms with Gasteiger partial charge < -0.3 is 34.1 Å².